The van der Waals surface area contributed by atoms with Gasteiger partial charge in [0.15, 0.2) is 0 Å². The molecule has 1 heterocycles. The summed E-state index contributed by atoms with van der Waals surface area (Å²) in [5, 5.41) is 8.87. The van der Waals surface area contributed by atoms with Crippen molar-refractivity contribution in [3.63, 3.8) is 0 Å². The Hall–Kier alpha value is -2.16. The molecule has 0 aliphatic heterocycles. The van der Waals surface area contributed by atoms with Gasteiger partial charge in [0.1, 0.15) is 0 Å². The van der Waals surface area contributed by atoms with Crippen LogP contribution in [0.1, 0.15) is 42.1 Å². The fourth-order valence-corrected chi connectivity index (χ4v) is 2.11. The number of pyridine rings is 1. The highest BCUT2D eigenvalue weighted by Crippen LogP contribution is 2.18. The largest absolute Gasteiger partial charge is 0.478 e. The van der Waals surface area contributed by atoms with E-state index < -0.39 is 5.97 Å². The molecule has 0 unspecified atom stereocenters. The van der Waals surface area contributed by atoms with Crippen molar-refractivity contribution in [2.24, 2.45) is 0 Å². The number of carboxylic acid groups (broad SMARTS) is 1. The fourth-order valence-electron chi connectivity index (χ4n) is 2.11. The standard InChI is InChI=1S/C17H19NO2/c1-2-3-4-5-13-6-11-16(18-12-13)14-7-9-15(10-8-14)17(19)20/h6-12H,2-5H2,1H3,(H,19,20). The van der Waals surface area contributed by atoms with Crippen LogP contribution in [0.15, 0.2) is 42.6 Å². The molecule has 0 amide bonds. The Morgan fingerprint density at radius 3 is 2.40 bits per heavy atom. The molecule has 20 heavy (non-hydrogen) atoms. The van der Waals surface area contributed by atoms with Gasteiger partial charge in [-0.2, -0.15) is 0 Å². The van der Waals surface area contributed by atoms with Gasteiger partial charge in [0.05, 0.1) is 11.3 Å². The molecule has 2 rings (SSSR count). The van der Waals surface area contributed by atoms with Gasteiger partial charge in [0, 0.05) is 11.8 Å². The lowest BCUT2D eigenvalue weighted by atomic mass is 10.1. The molecule has 104 valence electrons. The lowest BCUT2D eigenvalue weighted by Gasteiger charge is -2.04. The monoisotopic (exact) mass is 269 g/mol. The van der Waals surface area contributed by atoms with E-state index in [2.05, 4.69) is 18.0 Å². The van der Waals surface area contributed by atoms with E-state index in [1.54, 1.807) is 24.3 Å². The third-order valence-corrected chi connectivity index (χ3v) is 3.32. The number of aromatic carboxylic acids is 1. The van der Waals surface area contributed by atoms with Gasteiger partial charge in [-0.1, -0.05) is 38.0 Å². The number of rotatable bonds is 6. The van der Waals surface area contributed by atoms with Crippen molar-refractivity contribution in [2.45, 2.75) is 32.6 Å². The van der Waals surface area contributed by atoms with Crippen LogP contribution in [-0.2, 0) is 6.42 Å². The lowest BCUT2D eigenvalue weighted by Crippen LogP contribution is -1.95. The number of aromatic nitrogens is 1. The zero-order chi connectivity index (χ0) is 14.4. The van der Waals surface area contributed by atoms with Gasteiger partial charge in [-0.3, -0.25) is 4.98 Å². The van der Waals surface area contributed by atoms with Crippen molar-refractivity contribution in [1.29, 1.82) is 0 Å². The van der Waals surface area contributed by atoms with Gasteiger partial charge in [-0.05, 0) is 36.6 Å². The normalized spacial score (nSPS) is 10.4. The summed E-state index contributed by atoms with van der Waals surface area (Å²) in [5.41, 5.74) is 3.37. The highest BCUT2D eigenvalue weighted by Gasteiger charge is 2.04. The Morgan fingerprint density at radius 1 is 1.10 bits per heavy atom. The summed E-state index contributed by atoms with van der Waals surface area (Å²) in [7, 11) is 0. The van der Waals surface area contributed by atoms with Gasteiger partial charge in [0.25, 0.3) is 0 Å². The number of hydrogen-bond donors (Lipinski definition) is 1. The van der Waals surface area contributed by atoms with Gasteiger partial charge >= 0.3 is 5.97 Å². The highest BCUT2D eigenvalue weighted by molar-refractivity contribution is 5.88. The first-order valence-corrected chi connectivity index (χ1v) is 6.99. The van der Waals surface area contributed by atoms with Crippen molar-refractivity contribution in [2.75, 3.05) is 0 Å². The molecule has 0 fully saturated rings. The van der Waals surface area contributed by atoms with E-state index in [-0.39, 0.29) is 0 Å². The maximum atomic E-state index is 10.8. The second kappa shape index (κ2) is 6.85. The molecule has 3 heteroatoms. The van der Waals surface area contributed by atoms with Crippen LogP contribution in [0.25, 0.3) is 11.3 Å². The molecule has 3 nitrogen and oxygen atoms in total. The summed E-state index contributed by atoms with van der Waals surface area (Å²) in [6.07, 6.45) is 6.65. The molecule has 0 atom stereocenters. The minimum absolute atomic E-state index is 0.296. The number of carboxylic acids is 1. The van der Waals surface area contributed by atoms with Crippen molar-refractivity contribution >= 4 is 5.97 Å². The van der Waals surface area contributed by atoms with E-state index in [0.717, 1.165) is 17.7 Å². The molecule has 0 spiro atoms. The summed E-state index contributed by atoms with van der Waals surface area (Å²) < 4.78 is 0. The van der Waals surface area contributed by atoms with E-state index in [1.165, 1.54) is 24.8 Å². The van der Waals surface area contributed by atoms with Gasteiger partial charge in [-0.25, -0.2) is 4.79 Å². The maximum Gasteiger partial charge on any atom is 0.335 e. The summed E-state index contributed by atoms with van der Waals surface area (Å²) in [4.78, 5) is 15.3. The minimum atomic E-state index is -0.907. The summed E-state index contributed by atoms with van der Waals surface area (Å²) in [6, 6.07) is 10.9. The van der Waals surface area contributed by atoms with Crippen LogP contribution in [0.5, 0.6) is 0 Å². The molecule has 1 N–H and O–H groups in total. The summed E-state index contributed by atoms with van der Waals surface area (Å²) in [5.74, 6) is -0.907. The molecule has 0 aliphatic carbocycles. The number of carbonyl (C=O) groups is 1. The molecule has 0 aliphatic rings. The van der Waals surface area contributed by atoms with Crippen molar-refractivity contribution in [1.82, 2.24) is 4.98 Å². The average Bonchev–Trinajstić information content (AvgIpc) is 2.48. The highest BCUT2D eigenvalue weighted by atomic mass is 16.4. The van der Waals surface area contributed by atoms with E-state index in [4.69, 9.17) is 5.11 Å². The van der Waals surface area contributed by atoms with Crippen LogP contribution in [0.3, 0.4) is 0 Å². The van der Waals surface area contributed by atoms with Crippen molar-refractivity contribution in [3.8, 4) is 11.3 Å². The molecule has 1 aromatic carbocycles. The predicted octanol–water partition coefficient (Wildman–Crippen LogP) is 4.18. The topological polar surface area (TPSA) is 50.2 Å². The Kier molecular flexibility index (Phi) is 4.88. The van der Waals surface area contributed by atoms with Crippen molar-refractivity contribution in [3.05, 3.63) is 53.7 Å². The third-order valence-electron chi connectivity index (χ3n) is 3.32. The van der Waals surface area contributed by atoms with Gasteiger partial charge in [-0.15, -0.1) is 0 Å². The third kappa shape index (κ3) is 3.67. The maximum absolute atomic E-state index is 10.8. The molecule has 0 saturated heterocycles. The number of nitrogens with zero attached hydrogens (tertiary/aromatic N) is 1. The Balaban J connectivity index is 2.07. The van der Waals surface area contributed by atoms with Crippen LogP contribution < -0.4 is 0 Å². The number of hydrogen-bond acceptors (Lipinski definition) is 2. The van der Waals surface area contributed by atoms with Crippen LogP contribution in [0.2, 0.25) is 0 Å². The molecule has 0 radical (unpaired) electrons. The number of unbranched alkanes of at least 4 members (excludes halogenated alkanes) is 2. The average molecular weight is 269 g/mol. The Morgan fingerprint density at radius 2 is 1.85 bits per heavy atom. The van der Waals surface area contributed by atoms with Crippen LogP contribution in [-0.4, -0.2) is 16.1 Å². The van der Waals surface area contributed by atoms with Crippen LogP contribution in [0, 0.1) is 0 Å². The first kappa shape index (κ1) is 14.3. The predicted molar refractivity (Wildman–Crippen MR) is 79.9 cm³/mol. The quantitative estimate of drug-likeness (QED) is 0.800. The zero-order valence-electron chi connectivity index (χ0n) is 11.7. The second-order valence-electron chi connectivity index (χ2n) is 4.89. The second-order valence-corrected chi connectivity index (χ2v) is 4.89. The molecule has 1 aromatic heterocycles. The van der Waals surface area contributed by atoms with Crippen LogP contribution in [0.4, 0.5) is 0 Å². The molecule has 0 bridgehead atoms. The smallest absolute Gasteiger partial charge is 0.335 e. The summed E-state index contributed by atoms with van der Waals surface area (Å²) in [6.45, 7) is 2.20. The lowest BCUT2D eigenvalue weighted by molar-refractivity contribution is 0.0697. The zero-order valence-corrected chi connectivity index (χ0v) is 11.7. The molecule has 0 saturated carbocycles. The Bertz CT molecular complexity index is 559. The minimum Gasteiger partial charge on any atom is -0.478 e. The number of aryl methyl sites for hydroxylation is 1. The first-order chi connectivity index (χ1) is 9.70. The first-order valence-electron chi connectivity index (χ1n) is 6.99. The van der Waals surface area contributed by atoms with E-state index >= 15 is 0 Å². The number of benzene rings is 1. The summed E-state index contributed by atoms with van der Waals surface area (Å²) >= 11 is 0. The van der Waals surface area contributed by atoms with Gasteiger partial charge < -0.3 is 5.11 Å². The SMILES string of the molecule is CCCCCc1ccc(-c2ccc(C(=O)O)cc2)nc1. The Labute approximate surface area is 119 Å². The van der Waals surface area contributed by atoms with E-state index in [0.29, 0.717) is 5.56 Å². The molecular formula is C17H19NO2. The fraction of sp³-hybridized carbons (Fsp3) is 0.294. The van der Waals surface area contributed by atoms with Crippen LogP contribution >= 0.6 is 0 Å². The van der Waals surface area contributed by atoms with E-state index in [9.17, 15) is 4.79 Å². The van der Waals surface area contributed by atoms with E-state index in [1.807, 2.05) is 12.3 Å². The van der Waals surface area contributed by atoms with Crippen molar-refractivity contribution < 1.29 is 9.90 Å². The van der Waals surface area contributed by atoms with Gasteiger partial charge in [0.2, 0.25) is 0 Å². The molecular weight excluding hydrogens is 250 g/mol. The molecule has 2 aromatic rings.